The second-order valence-corrected chi connectivity index (χ2v) is 13.2. The lowest BCUT2D eigenvalue weighted by atomic mass is 9.85. The molecule has 2 aliphatic rings. The Morgan fingerprint density at radius 3 is 2.37 bits per heavy atom. The fourth-order valence-electron chi connectivity index (χ4n) is 4.95. The molecule has 0 bridgehead atoms. The molecular formula is C29H39N3O8S. The highest BCUT2D eigenvalue weighted by Crippen LogP contribution is 2.37. The van der Waals surface area contributed by atoms with Gasteiger partial charge in [0.05, 0.1) is 11.5 Å². The summed E-state index contributed by atoms with van der Waals surface area (Å²) in [5.74, 6) is -0.690. The van der Waals surface area contributed by atoms with Crippen LogP contribution in [0, 0.1) is 11.3 Å². The van der Waals surface area contributed by atoms with Crippen LogP contribution in [0.5, 0.6) is 5.75 Å². The number of aliphatic hydroxyl groups excluding tert-OH is 1. The van der Waals surface area contributed by atoms with E-state index >= 15 is 0 Å². The summed E-state index contributed by atoms with van der Waals surface area (Å²) in [6, 6.07) is 14.7. The number of carbonyl (C=O) groups excluding carboxylic acids is 2. The Morgan fingerprint density at radius 1 is 1.05 bits per heavy atom. The molecule has 12 heteroatoms. The molecule has 0 radical (unpaired) electrons. The minimum absolute atomic E-state index is 0.0242. The number of aliphatic hydroxyl groups is 1. The number of hydrogen-bond acceptors (Lipinski definition) is 8. The van der Waals surface area contributed by atoms with E-state index in [2.05, 4.69) is 10.6 Å². The number of nitrogens with one attached hydrogen (secondary N) is 2. The topological polar surface area (TPSA) is 154 Å². The van der Waals surface area contributed by atoms with Crippen LogP contribution in [0.4, 0.5) is 0 Å². The number of phenols is 1. The molecular weight excluding hydrogens is 550 g/mol. The number of piperidine rings is 1. The molecule has 41 heavy (non-hydrogen) atoms. The van der Waals surface area contributed by atoms with E-state index in [1.807, 2.05) is 13.8 Å². The number of rotatable bonds is 10. The van der Waals surface area contributed by atoms with Crippen LogP contribution in [0.2, 0.25) is 0 Å². The Bertz CT molecular complexity index is 1280. The van der Waals surface area contributed by atoms with Crippen LogP contribution in [-0.2, 0) is 29.1 Å². The summed E-state index contributed by atoms with van der Waals surface area (Å²) in [7, 11) is -3.54. The van der Waals surface area contributed by atoms with Gasteiger partial charge in [-0.2, -0.15) is 4.31 Å². The lowest BCUT2D eigenvalue weighted by molar-refractivity contribution is -0.258. The maximum Gasteiger partial charge on any atom is 0.249 e. The van der Waals surface area contributed by atoms with Crippen molar-refractivity contribution < 1.29 is 37.7 Å². The average Bonchev–Trinajstić information content (AvgIpc) is 2.96. The molecule has 2 fully saturated rings. The maximum atomic E-state index is 13.0. The van der Waals surface area contributed by atoms with Gasteiger partial charge in [0.15, 0.2) is 6.29 Å². The molecule has 2 saturated heterocycles. The number of hydrogen-bond donors (Lipinski definition) is 4. The van der Waals surface area contributed by atoms with Crippen molar-refractivity contribution in [3.63, 3.8) is 0 Å². The van der Waals surface area contributed by atoms with E-state index in [1.165, 1.54) is 16.4 Å². The van der Waals surface area contributed by atoms with Crippen LogP contribution in [0.25, 0.3) is 0 Å². The molecule has 0 spiro atoms. The summed E-state index contributed by atoms with van der Waals surface area (Å²) in [6.07, 6.45) is -1.66. The molecule has 2 aromatic rings. The normalized spacial score (nSPS) is 22.5. The zero-order valence-electron chi connectivity index (χ0n) is 23.4. The smallest absolute Gasteiger partial charge is 0.249 e. The second-order valence-electron chi connectivity index (χ2n) is 11.2. The number of aromatic hydroxyl groups is 1. The Balaban J connectivity index is 1.18. The number of phenolic OH excluding ortho intramolecular Hbond substituents is 1. The summed E-state index contributed by atoms with van der Waals surface area (Å²) in [5.41, 5.74) is 0.0652. The molecule has 2 amide bonds. The summed E-state index contributed by atoms with van der Waals surface area (Å²) >= 11 is 0. The van der Waals surface area contributed by atoms with E-state index in [4.69, 9.17) is 9.47 Å². The van der Waals surface area contributed by atoms with Crippen molar-refractivity contribution in [3.8, 4) is 5.75 Å². The Morgan fingerprint density at radius 2 is 1.71 bits per heavy atom. The first-order valence-corrected chi connectivity index (χ1v) is 15.3. The molecule has 0 saturated carbocycles. The van der Waals surface area contributed by atoms with Crippen molar-refractivity contribution in [2.75, 3.05) is 32.8 Å². The number of amides is 2. The molecule has 2 aliphatic heterocycles. The highest BCUT2D eigenvalue weighted by molar-refractivity contribution is 7.89. The predicted octanol–water partition coefficient (Wildman–Crippen LogP) is 1.92. The predicted molar refractivity (Wildman–Crippen MR) is 150 cm³/mol. The lowest BCUT2D eigenvalue weighted by Crippen LogP contribution is -2.52. The third kappa shape index (κ3) is 7.83. The number of ether oxygens (including phenoxy) is 2. The average molecular weight is 590 g/mol. The number of nitrogens with zero attached hydrogens (tertiary/aromatic N) is 1. The van der Waals surface area contributed by atoms with Crippen LogP contribution >= 0.6 is 0 Å². The second kappa shape index (κ2) is 13.3. The minimum atomic E-state index is -3.54. The van der Waals surface area contributed by atoms with Gasteiger partial charge in [-0.25, -0.2) is 8.42 Å². The molecule has 2 unspecified atom stereocenters. The SMILES string of the molecule is CC1(C)COC(c2ccc(O)cc2)O[C@H]1C(=O)NCCC(O)C(=O)NCC1CCN(S(=O)(=O)c2ccccc2)CC1. The third-order valence-corrected chi connectivity index (χ3v) is 9.43. The lowest BCUT2D eigenvalue weighted by Gasteiger charge is -2.41. The summed E-state index contributed by atoms with van der Waals surface area (Å²) in [5, 5.41) is 25.4. The standard InChI is InChI=1S/C29H39N3O8S/c1-29(2)19-39-28(21-8-10-22(33)11-9-21)40-25(29)27(36)30-15-12-24(34)26(35)31-18-20-13-16-32(17-14-20)41(37,38)23-6-4-3-5-7-23/h3-11,20,24-25,28,33-34H,12-19H2,1-2H3,(H,30,36)(H,31,35)/t24?,25-,28?/m0/s1. The Kier molecular flexibility index (Phi) is 10.0. The molecule has 4 N–H and O–H groups in total. The van der Waals surface area contributed by atoms with Crippen molar-refractivity contribution in [3.05, 3.63) is 60.2 Å². The number of sulfonamides is 1. The zero-order chi connectivity index (χ0) is 29.6. The highest BCUT2D eigenvalue weighted by Gasteiger charge is 2.43. The van der Waals surface area contributed by atoms with E-state index in [9.17, 15) is 28.2 Å². The highest BCUT2D eigenvalue weighted by atomic mass is 32.2. The van der Waals surface area contributed by atoms with Gasteiger partial charge in [0.25, 0.3) is 0 Å². The van der Waals surface area contributed by atoms with Crippen molar-refractivity contribution in [2.45, 2.75) is 56.5 Å². The fraction of sp³-hybridized carbons (Fsp3) is 0.517. The first-order chi connectivity index (χ1) is 19.5. The largest absolute Gasteiger partial charge is 0.508 e. The summed E-state index contributed by atoms with van der Waals surface area (Å²) in [4.78, 5) is 25.7. The zero-order valence-corrected chi connectivity index (χ0v) is 24.2. The van der Waals surface area contributed by atoms with Crippen LogP contribution in [0.3, 0.4) is 0 Å². The van der Waals surface area contributed by atoms with Crippen LogP contribution in [-0.4, -0.2) is 79.7 Å². The molecule has 2 heterocycles. The van der Waals surface area contributed by atoms with Gasteiger partial charge in [-0.1, -0.05) is 44.2 Å². The van der Waals surface area contributed by atoms with Crippen LogP contribution in [0.15, 0.2) is 59.5 Å². The van der Waals surface area contributed by atoms with Crippen LogP contribution in [0.1, 0.15) is 45.0 Å². The van der Waals surface area contributed by atoms with Gasteiger partial charge >= 0.3 is 0 Å². The molecule has 4 rings (SSSR count). The summed E-state index contributed by atoms with van der Waals surface area (Å²) < 4.78 is 38.8. The molecule has 0 aromatic heterocycles. The van der Waals surface area contributed by atoms with Gasteiger partial charge in [0, 0.05) is 37.2 Å². The van der Waals surface area contributed by atoms with Gasteiger partial charge in [0.1, 0.15) is 18.0 Å². The van der Waals surface area contributed by atoms with Gasteiger partial charge in [-0.3, -0.25) is 9.59 Å². The van der Waals surface area contributed by atoms with Gasteiger partial charge in [-0.05, 0) is 49.4 Å². The Labute approximate surface area is 240 Å². The first-order valence-electron chi connectivity index (χ1n) is 13.8. The quantitative estimate of drug-likeness (QED) is 0.328. The Hall–Kier alpha value is -3.03. The third-order valence-electron chi connectivity index (χ3n) is 7.52. The minimum Gasteiger partial charge on any atom is -0.508 e. The first kappa shape index (κ1) is 30.9. The van der Waals surface area contributed by atoms with Crippen molar-refractivity contribution >= 4 is 21.8 Å². The van der Waals surface area contributed by atoms with Gasteiger partial charge < -0.3 is 30.3 Å². The van der Waals surface area contributed by atoms with Crippen molar-refractivity contribution in [1.82, 2.24) is 14.9 Å². The molecule has 3 atom stereocenters. The van der Waals surface area contributed by atoms with Crippen molar-refractivity contribution in [2.24, 2.45) is 11.3 Å². The van der Waals surface area contributed by atoms with E-state index in [-0.39, 0.29) is 42.0 Å². The van der Waals surface area contributed by atoms with E-state index < -0.39 is 39.8 Å². The molecule has 11 nitrogen and oxygen atoms in total. The number of carbonyl (C=O) groups is 2. The molecule has 2 aromatic carbocycles. The van der Waals surface area contributed by atoms with E-state index in [1.54, 1.807) is 42.5 Å². The van der Waals surface area contributed by atoms with E-state index in [0.29, 0.717) is 38.0 Å². The summed E-state index contributed by atoms with van der Waals surface area (Å²) in [6.45, 7) is 5.13. The van der Waals surface area contributed by atoms with Crippen molar-refractivity contribution in [1.29, 1.82) is 0 Å². The van der Waals surface area contributed by atoms with Crippen LogP contribution < -0.4 is 10.6 Å². The molecule has 224 valence electrons. The van der Waals surface area contributed by atoms with Gasteiger partial charge in [0.2, 0.25) is 21.8 Å². The molecule has 0 aliphatic carbocycles. The fourth-order valence-corrected chi connectivity index (χ4v) is 6.44. The maximum absolute atomic E-state index is 13.0. The number of benzene rings is 2. The monoisotopic (exact) mass is 589 g/mol. The van der Waals surface area contributed by atoms with E-state index in [0.717, 1.165) is 0 Å². The van der Waals surface area contributed by atoms with Gasteiger partial charge in [-0.15, -0.1) is 0 Å².